The number of benzene rings is 3. The molecule has 5 heteroatoms. The van der Waals surface area contributed by atoms with E-state index in [1.165, 1.54) is 0 Å². The average Bonchev–Trinajstić information content (AvgIpc) is 3.38. The Hall–Kier alpha value is -3.24. The Bertz CT molecular complexity index is 1320. The van der Waals surface area contributed by atoms with Crippen LogP contribution >= 0.6 is 11.6 Å². The Morgan fingerprint density at radius 2 is 1.59 bits per heavy atom. The summed E-state index contributed by atoms with van der Waals surface area (Å²) in [7, 11) is 0. The van der Waals surface area contributed by atoms with Gasteiger partial charge in [-0.2, -0.15) is 5.10 Å². The molecule has 5 aromatic rings. The van der Waals surface area contributed by atoms with Gasteiger partial charge in [-0.3, -0.25) is 0 Å². The Morgan fingerprint density at radius 1 is 0.812 bits per heavy atom. The van der Waals surface area contributed by atoms with Crippen LogP contribution in [0.25, 0.3) is 27.6 Å². The van der Waals surface area contributed by atoms with Crippen LogP contribution in [0.15, 0.2) is 83.4 Å². The predicted molar refractivity (Wildman–Crippen MR) is 130 cm³/mol. The molecule has 4 nitrogen and oxygen atoms in total. The summed E-state index contributed by atoms with van der Waals surface area (Å²) < 4.78 is 13.8. The highest BCUT2D eigenvalue weighted by molar-refractivity contribution is 6.31. The summed E-state index contributed by atoms with van der Waals surface area (Å²) in [5.41, 5.74) is 3.90. The smallest absolute Gasteiger partial charge is 0.139 e. The van der Waals surface area contributed by atoms with Crippen molar-refractivity contribution in [3.8, 4) is 11.4 Å². The third-order valence-corrected chi connectivity index (χ3v) is 6.06. The molecule has 0 aliphatic heterocycles. The molecular formula is C27H25ClN2O2. The molecule has 5 rings (SSSR count). The van der Waals surface area contributed by atoms with Gasteiger partial charge in [-0.05, 0) is 49.6 Å². The number of ether oxygens (including phenoxy) is 1. The maximum atomic E-state index is 6.38. The fourth-order valence-corrected chi connectivity index (χ4v) is 4.32. The molecule has 0 aliphatic rings. The lowest BCUT2D eigenvalue weighted by atomic mass is 10.1. The molecule has 3 aromatic carbocycles. The SMILES string of the molecule is Clc1cnn(-c2ccccc2)c1CCCCCCOc1ccc2c(c1)oc1ccccc12. The highest BCUT2D eigenvalue weighted by atomic mass is 35.5. The summed E-state index contributed by atoms with van der Waals surface area (Å²) in [6.45, 7) is 0.703. The first kappa shape index (κ1) is 20.7. The fourth-order valence-electron chi connectivity index (χ4n) is 4.10. The van der Waals surface area contributed by atoms with E-state index in [2.05, 4.69) is 17.2 Å². The van der Waals surface area contributed by atoms with Gasteiger partial charge in [0.2, 0.25) is 0 Å². The van der Waals surface area contributed by atoms with Gasteiger partial charge < -0.3 is 9.15 Å². The van der Waals surface area contributed by atoms with Crippen molar-refractivity contribution in [2.75, 3.05) is 6.61 Å². The second-order valence-electron chi connectivity index (χ2n) is 7.96. The number of aromatic nitrogens is 2. The van der Waals surface area contributed by atoms with Crippen molar-refractivity contribution in [1.82, 2.24) is 9.78 Å². The summed E-state index contributed by atoms with van der Waals surface area (Å²) in [6.07, 6.45) is 6.98. The number of halogens is 1. The van der Waals surface area contributed by atoms with Gasteiger partial charge in [0, 0.05) is 16.8 Å². The van der Waals surface area contributed by atoms with Crippen molar-refractivity contribution in [2.24, 2.45) is 0 Å². The molecule has 2 aromatic heterocycles. The van der Waals surface area contributed by atoms with Crippen LogP contribution in [-0.2, 0) is 6.42 Å². The van der Waals surface area contributed by atoms with Crippen molar-refractivity contribution in [3.63, 3.8) is 0 Å². The number of fused-ring (bicyclic) bond motifs is 3. The summed E-state index contributed by atoms with van der Waals surface area (Å²) in [6, 6.07) is 24.3. The molecule has 0 spiro atoms. The van der Waals surface area contributed by atoms with Crippen LogP contribution < -0.4 is 4.74 Å². The van der Waals surface area contributed by atoms with Gasteiger partial charge >= 0.3 is 0 Å². The van der Waals surface area contributed by atoms with Crippen LogP contribution in [0.1, 0.15) is 31.4 Å². The van der Waals surface area contributed by atoms with Crippen molar-refractivity contribution in [2.45, 2.75) is 32.1 Å². The molecule has 162 valence electrons. The van der Waals surface area contributed by atoms with Crippen LogP contribution in [0, 0.1) is 0 Å². The second kappa shape index (κ2) is 9.49. The average molecular weight is 445 g/mol. The largest absolute Gasteiger partial charge is 0.493 e. The van der Waals surface area contributed by atoms with Crippen LogP contribution in [0.4, 0.5) is 0 Å². The second-order valence-corrected chi connectivity index (χ2v) is 8.36. The number of hydrogen-bond acceptors (Lipinski definition) is 3. The van der Waals surface area contributed by atoms with E-state index in [1.807, 2.05) is 65.3 Å². The first-order chi connectivity index (χ1) is 15.8. The monoisotopic (exact) mass is 444 g/mol. The van der Waals surface area contributed by atoms with Gasteiger partial charge in [0.1, 0.15) is 16.9 Å². The molecule has 0 bridgehead atoms. The van der Waals surface area contributed by atoms with Gasteiger partial charge in [0.15, 0.2) is 0 Å². The first-order valence-corrected chi connectivity index (χ1v) is 11.5. The third kappa shape index (κ3) is 4.37. The molecule has 0 N–H and O–H groups in total. The van der Waals surface area contributed by atoms with E-state index in [0.717, 1.165) is 76.2 Å². The molecule has 0 aliphatic carbocycles. The third-order valence-electron chi connectivity index (χ3n) is 5.75. The summed E-state index contributed by atoms with van der Waals surface area (Å²) in [4.78, 5) is 0. The lowest BCUT2D eigenvalue weighted by Crippen LogP contribution is -2.02. The van der Waals surface area contributed by atoms with Gasteiger partial charge in [0.25, 0.3) is 0 Å². The van der Waals surface area contributed by atoms with E-state index in [-0.39, 0.29) is 0 Å². The predicted octanol–water partition coefficient (Wildman–Crippen LogP) is 7.61. The van der Waals surface area contributed by atoms with Gasteiger partial charge in [-0.15, -0.1) is 0 Å². The number of rotatable bonds is 9. The zero-order valence-electron chi connectivity index (χ0n) is 17.8. The Labute approximate surface area is 192 Å². The molecule has 32 heavy (non-hydrogen) atoms. The Balaban J connectivity index is 1.09. The van der Waals surface area contributed by atoms with Gasteiger partial charge in [0.05, 0.1) is 29.2 Å². The molecule has 0 saturated carbocycles. The van der Waals surface area contributed by atoms with Crippen LogP contribution in [0.5, 0.6) is 5.75 Å². The minimum absolute atomic E-state index is 0.703. The normalized spacial score (nSPS) is 11.4. The molecule has 0 fully saturated rings. The number of nitrogens with zero attached hydrogens (tertiary/aromatic N) is 2. The minimum Gasteiger partial charge on any atom is -0.493 e. The van der Waals surface area contributed by atoms with Crippen LogP contribution in [0.3, 0.4) is 0 Å². The number of hydrogen-bond donors (Lipinski definition) is 0. The molecule has 0 atom stereocenters. The molecule has 0 saturated heterocycles. The standard InChI is InChI=1S/C27H25ClN2O2/c28-24-19-29-30(20-10-4-3-5-11-20)25(24)13-6-1-2-9-17-31-21-15-16-23-22-12-7-8-14-26(22)32-27(23)18-21/h3-5,7-8,10-12,14-16,18-19H,1-2,6,9,13,17H2. The highest BCUT2D eigenvalue weighted by Gasteiger charge is 2.10. The van der Waals surface area contributed by atoms with Crippen LogP contribution in [0.2, 0.25) is 5.02 Å². The van der Waals surface area contributed by atoms with Crippen molar-refractivity contribution >= 4 is 33.5 Å². The maximum absolute atomic E-state index is 6.38. The lowest BCUT2D eigenvalue weighted by Gasteiger charge is -2.08. The fraction of sp³-hybridized carbons (Fsp3) is 0.222. The topological polar surface area (TPSA) is 40.2 Å². The van der Waals surface area contributed by atoms with E-state index < -0.39 is 0 Å². The van der Waals surface area contributed by atoms with Crippen molar-refractivity contribution < 1.29 is 9.15 Å². The van der Waals surface area contributed by atoms with Crippen molar-refractivity contribution in [1.29, 1.82) is 0 Å². The Kier molecular flexibility index (Phi) is 6.13. The molecule has 0 unspecified atom stereocenters. The van der Waals surface area contributed by atoms with Crippen molar-refractivity contribution in [3.05, 3.63) is 89.7 Å². The summed E-state index contributed by atoms with van der Waals surface area (Å²) >= 11 is 6.38. The zero-order valence-corrected chi connectivity index (χ0v) is 18.6. The molecular weight excluding hydrogens is 420 g/mol. The van der Waals surface area contributed by atoms with Crippen LogP contribution in [-0.4, -0.2) is 16.4 Å². The van der Waals surface area contributed by atoms with E-state index in [9.17, 15) is 0 Å². The maximum Gasteiger partial charge on any atom is 0.139 e. The van der Waals surface area contributed by atoms with E-state index in [0.29, 0.717) is 6.61 Å². The molecule has 2 heterocycles. The van der Waals surface area contributed by atoms with Gasteiger partial charge in [-0.25, -0.2) is 4.68 Å². The number of unbranched alkanes of at least 4 members (excludes halogenated alkanes) is 3. The van der Waals surface area contributed by atoms with E-state index in [4.69, 9.17) is 20.8 Å². The quantitative estimate of drug-likeness (QED) is 0.220. The summed E-state index contributed by atoms with van der Waals surface area (Å²) in [5, 5.41) is 7.44. The minimum atomic E-state index is 0.703. The number of para-hydroxylation sites is 2. The van der Waals surface area contributed by atoms with E-state index in [1.54, 1.807) is 6.20 Å². The highest BCUT2D eigenvalue weighted by Crippen LogP contribution is 2.31. The Morgan fingerprint density at radius 3 is 2.50 bits per heavy atom. The first-order valence-electron chi connectivity index (χ1n) is 11.1. The van der Waals surface area contributed by atoms with Gasteiger partial charge in [-0.1, -0.05) is 60.8 Å². The lowest BCUT2D eigenvalue weighted by molar-refractivity contribution is 0.304. The zero-order chi connectivity index (χ0) is 21.8. The molecule has 0 amide bonds. The molecule has 0 radical (unpaired) electrons. The van der Waals surface area contributed by atoms with E-state index >= 15 is 0 Å². The summed E-state index contributed by atoms with van der Waals surface area (Å²) in [5.74, 6) is 0.857. The number of furan rings is 1.